The maximum atomic E-state index is 12.6. The predicted molar refractivity (Wildman–Crippen MR) is 108 cm³/mol. The van der Waals surface area contributed by atoms with Crippen LogP contribution in [0, 0.1) is 0 Å². The number of aliphatic hydroxyl groups excluding tert-OH is 2. The first kappa shape index (κ1) is 18.8. The molecule has 0 radical (unpaired) electrons. The number of rotatable bonds is 1. The van der Waals surface area contributed by atoms with E-state index >= 15 is 0 Å². The van der Waals surface area contributed by atoms with E-state index < -0.39 is 29.9 Å². The number of amides is 1. The normalized spacial score (nSPS) is 23.3. The highest BCUT2D eigenvalue weighted by atomic mass is 16.6. The van der Waals surface area contributed by atoms with Gasteiger partial charge < -0.3 is 24.4 Å². The van der Waals surface area contributed by atoms with E-state index in [-0.39, 0.29) is 13.1 Å². The number of hydrogen-bond donors (Lipinski definition) is 2. The summed E-state index contributed by atoms with van der Waals surface area (Å²) in [6.07, 6.45) is -2.52. The molecule has 28 heavy (non-hydrogen) atoms. The molecule has 1 aliphatic heterocycles. The highest BCUT2D eigenvalue weighted by molar-refractivity contribution is 6.08. The predicted octanol–water partition coefficient (Wildman–Crippen LogP) is 3.31. The summed E-state index contributed by atoms with van der Waals surface area (Å²) < 4.78 is 7.52. The Balaban J connectivity index is 1.79. The van der Waals surface area contributed by atoms with Crippen molar-refractivity contribution in [2.24, 2.45) is 0 Å². The molecule has 2 N–H and O–H groups in total. The van der Waals surface area contributed by atoms with Crippen LogP contribution in [-0.4, -0.2) is 56.7 Å². The molecular formula is C22H26N2O4. The fraction of sp³-hybridized carbons (Fsp3) is 0.409. The Morgan fingerprint density at radius 3 is 2.04 bits per heavy atom. The van der Waals surface area contributed by atoms with E-state index in [0.29, 0.717) is 0 Å². The van der Waals surface area contributed by atoms with Gasteiger partial charge in [-0.05, 0) is 32.9 Å². The fourth-order valence-corrected chi connectivity index (χ4v) is 4.02. The summed E-state index contributed by atoms with van der Waals surface area (Å²) in [5.74, 6) is 0. The Hall–Kier alpha value is -2.57. The van der Waals surface area contributed by atoms with Crippen molar-refractivity contribution >= 4 is 27.9 Å². The van der Waals surface area contributed by atoms with Crippen molar-refractivity contribution in [3.8, 4) is 0 Å². The number of para-hydroxylation sites is 2. The van der Waals surface area contributed by atoms with Gasteiger partial charge >= 0.3 is 6.09 Å². The van der Waals surface area contributed by atoms with Gasteiger partial charge in [0.25, 0.3) is 0 Å². The number of piperidine rings is 1. The first-order chi connectivity index (χ1) is 13.3. The highest BCUT2D eigenvalue weighted by Crippen LogP contribution is 2.35. The van der Waals surface area contributed by atoms with Crippen molar-refractivity contribution < 1.29 is 19.7 Å². The van der Waals surface area contributed by atoms with E-state index in [1.807, 2.05) is 73.9 Å². The summed E-state index contributed by atoms with van der Waals surface area (Å²) >= 11 is 0. The number of ether oxygens (including phenoxy) is 1. The van der Waals surface area contributed by atoms with Gasteiger partial charge in [-0.25, -0.2) is 4.79 Å². The molecule has 1 aliphatic rings. The number of aliphatic hydroxyl groups is 2. The van der Waals surface area contributed by atoms with E-state index in [0.717, 1.165) is 21.8 Å². The van der Waals surface area contributed by atoms with E-state index in [4.69, 9.17) is 4.74 Å². The molecule has 0 spiro atoms. The smallest absolute Gasteiger partial charge is 0.410 e. The second kappa shape index (κ2) is 6.79. The lowest BCUT2D eigenvalue weighted by Gasteiger charge is -2.40. The third-order valence-electron chi connectivity index (χ3n) is 5.20. The van der Waals surface area contributed by atoms with Gasteiger partial charge in [0.2, 0.25) is 0 Å². The first-order valence-corrected chi connectivity index (χ1v) is 9.58. The molecule has 1 aromatic heterocycles. The first-order valence-electron chi connectivity index (χ1n) is 9.58. The molecule has 3 atom stereocenters. The molecule has 6 nitrogen and oxygen atoms in total. The minimum atomic E-state index is -1.05. The molecule has 0 saturated carbocycles. The standard InChI is InChI=1S/C22H26N2O4/c1-22(2,3)28-21(27)23-12-18(20(26)19(25)13-23)24-16-10-6-4-8-14(16)15-9-5-7-11-17(15)24/h4-11,18-20,25-26H,12-13H2,1-3H3/t18-,19-,20-/m1/s1. The number of hydrogen-bond acceptors (Lipinski definition) is 4. The van der Waals surface area contributed by atoms with Crippen LogP contribution in [0.25, 0.3) is 21.8 Å². The molecule has 6 heteroatoms. The Kier molecular flexibility index (Phi) is 4.56. The van der Waals surface area contributed by atoms with Crippen LogP contribution < -0.4 is 0 Å². The topological polar surface area (TPSA) is 74.9 Å². The zero-order valence-corrected chi connectivity index (χ0v) is 16.4. The van der Waals surface area contributed by atoms with E-state index in [2.05, 4.69) is 0 Å². The molecule has 148 valence electrons. The monoisotopic (exact) mass is 382 g/mol. The summed E-state index contributed by atoms with van der Waals surface area (Å²) in [6.45, 7) is 5.74. The number of carbonyl (C=O) groups excluding carboxylic acids is 1. The van der Waals surface area contributed by atoms with Crippen LogP contribution in [0.4, 0.5) is 4.79 Å². The number of carbonyl (C=O) groups is 1. The largest absolute Gasteiger partial charge is 0.444 e. The number of aromatic nitrogens is 1. The van der Waals surface area contributed by atoms with Gasteiger partial charge in [0.1, 0.15) is 11.7 Å². The summed E-state index contributed by atoms with van der Waals surface area (Å²) in [4.78, 5) is 14.1. The molecule has 1 fully saturated rings. The van der Waals surface area contributed by atoms with Crippen LogP contribution in [0.2, 0.25) is 0 Å². The van der Waals surface area contributed by atoms with Crippen LogP contribution in [0.5, 0.6) is 0 Å². The fourth-order valence-electron chi connectivity index (χ4n) is 4.02. The van der Waals surface area contributed by atoms with Crippen molar-refractivity contribution in [3.63, 3.8) is 0 Å². The van der Waals surface area contributed by atoms with Gasteiger partial charge in [-0.1, -0.05) is 36.4 Å². The number of fused-ring (bicyclic) bond motifs is 3. The zero-order chi connectivity index (χ0) is 20.1. The molecule has 2 heterocycles. The lowest BCUT2D eigenvalue weighted by molar-refractivity contribution is -0.0704. The lowest BCUT2D eigenvalue weighted by atomic mass is 9.99. The summed E-state index contributed by atoms with van der Waals surface area (Å²) in [5.41, 5.74) is 1.30. The molecule has 4 rings (SSSR count). The van der Waals surface area contributed by atoms with Crippen molar-refractivity contribution in [1.29, 1.82) is 0 Å². The second-order valence-electron chi connectivity index (χ2n) is 8.41. The molecule has 2 aromatic carbocycles. The molecule has 1 saturated heterocycles. The maximum absolute atomic E-state index is 12.6. The van der Waals surface area contributed by atoms with Crippen LogP contribution >= 0.6 is 0 Å². The average Bonchev–Trinajstić information content (AvgIpc) is 2.97. The molecular weight excluding hydrogens is 356 g/mol. The SMILES string of the molecule is CC(C)(C)OC(=O)N1C[C@@H](O)[C@H](O)[C@H](n2c3ccccc3c3ccccc32)C1. The van der Waals surface area contributed by atoms with Crippen LogP contribution in [0.15, 0.2) is 48.5 Å². The van der Waals surface area contributed by atoms with Gasteiger partial charge in [0.05, 0.1) is 18.7 Å². The van der Waals surface area contributed by atoms with Crippen molar-refractivity contribution in [2.45, 2.75) is 44.6 Å². The van der Waals surface area contributed by atoms with Gasteiger partial charge in [-0.3, -0.25) is 0 Å². The van der Waals surface area contributed by atoms with Gasteiger partial charge in [0.15, 0.2) is 0 Å². The van der Waals surface area contributed by atoms with E-state index in [1.165, 1.54) is 4.90 Å². The minimum absolute atomic E-state index is 0.0454. The van der Waals surface area contributed by atoms with Gasteiger partial charge in [-0.15, -0.1) is 0 Å². The van der Waals surface area contributed by atoms with Crippen molar-refractivity contribution in [1.82, 2.24) is 9.47 Å². The molecule has 0 bridgehead atoms. The number of likely N-dealkylation sites (tertiary alicyclic amines) is 1. The Labute approximate surface area is 163 Å². The Bertz CT molecular complexity index is 967. The summed E-state index contributed by atoms with van der Waals surface area (Å²) in [6, 6.07) is 15.5. The van der Waals surface area contributed by atoms with Crippen molar-refractivity contribution in [3.05, 3.63) is 48.5 Å². The highest BCUT2D eigenvalue weighted by Gasteiger charge is 2.40. The zero-order valence-electron chi connectivity index (χ0n) is 16.4. The molecule has 0 unspecified atom stereocenters. The summed E-state index contributed by atoms with van der Waals surface area (Å²) in [5, 5.41) is 23.5. The second-order valence-corrected chi connectivity index (χ2v) is 8.41. The van der Waals surface area contributed by atoms with Crippen LogP contribution in [-0.2, 0) is 4.74 Å². The number of β-amino-alcohol motifs (C(OH)–C–C–N with tert-alkyl or cyclic N) is 1. The molecule has 0 aliphatic carbocycles. The van der Waals surface area contributed by atoms with Crippen molar-refractivity contribution in [2.75, 3.05) is 13.1 Å². The van der Waals surface area contributed by atoms with Crippen LogP contribution in [0.3, 0.4) is 0 Å². The minimum Gasteiger partial charge on any atom is -0.444 e. The third kappa shape index (κ3) is 3.23. The quantitative estimate of drug-likeness (QED) is 0.677. The van der Waals surface area contributed by atoms with E-state index in [1.54, 1.807) is 0 Å². The number of nitrogens with zero attached hydrogens (tertiary/aromatic N) is 2. The third-order valence-corrected chi connectivity index (χ3v) is 5.20. The lowest BCUT2D eigenvalue weighted by Crippen LogP contribution is -2.55. The van der Waals surface area contributed by atoms with Crippen LogP contribution in [0.1, 0.15) is 26.8 Å². The van der Waals surface area contributed by atoms with E-state index in [9.17, 15) is 15.0 Å². The van der Waals surface area contributed by atoms with Gasteiger partial charge in [-0.2, -0.15) is 0 Å². The Morgan fingerprint density at radius 1 is 0.964 bits per heavy atom. The Morgan fingerprint density at radius 2 is 1.50 bits per heavy atom. The molecule has 1 amide bonds. The number of benzene rings is 2. The van der Waals surface area contributed by atoms with Gasteiger partial charge in [0, 0.05) is 28.4 Å². The summed E-state index contributed by atoms with van der Waals surface area (Å²) in [7, 11) is 0. The average molecular weight is 382 g/mol. The molecule has 3 aromatic rings. The maximum Gasteiger partial charge on any atom is 0.410 e.